The molecule has 76 valence electrons. The second kappa shape index (κ2) is 4.06. The zero-order chi connectivity index (χ0) is 10.7. The first-order chi connectivity index (χ1) is 6.50. The summed E-state index contributed by atoms with van der Waals surface area (Å²) < 4.78 is 0. The zero-order valence-electron chi connectivity index (χ0n) is 8.44. The lowest BCUT2D eigenvalue weighted by Gasteiger charge is -2.13. The van der Waals surface area contributed by atoms with E-state index in [9.17, 15) is 10.1 Å². The fourth-order valence-electron chi connectivity index (χ4n) is 1.14. The third-order valence-corrected chi connectivity index (χ3v) is 1.69. The van der Waals surface area contributed by atoms with E-state index in [1.165, 1.54) is 6.07 Å². The van der Waals surface area contributed by atoms with Gasteiger partial charge in [0, 0.05) is 20.2 Å². The molecule has 0 aliphatic heterocycles. The predicted octanol–water partition coefficient (Wildman–Crippen LogP) is 1.79. The molecule has 0 aliphatic carbocycles. The van der Waals surface area contributed by atoms with Crippen molar-refractivity contribution in [3.8, 4) is 0 Å². The Labute approximate surface area is 82.5 Å². The van der Waals surface area contributed by atoms with Gasteiger partial charge in [-0.25, -0.2) is 5.01 Å². The molecule has 1 N–H and O–H groups in total. The van der Waals surface area contributed by atoms with Crippen LogP contribution in [-0.4, -0.2) is 24.0 Å². The Morgan fingerprint density at radius 2 is 2.07 bits per heavy atom. The second-order valence-corrected chi connectivity index (χ2v) is 3.28. The highest BCUT2D eigenvalue weighted by molar-refractivity contribution is 5.62. The number of nitro groups is 1. The first-order valence-electron chi connectivity index (χ1n) is 4.19. The van der Waals surface area contributed by atoms with Crippen LogP contribution >= 0.6 is 0 Å². The van der Waals surface area contributed by atoms with Crippen molar-refractivity contribution in [1.82, 2.24) is 5.01 Å². The Morgan fingerprint density at radius 3 is 2.57 bits per heavy atom. The summed E-state index contributed by atoms with van der Waals surface area (Å²) in [4.78, 5) is 10.3. The van der Waals surface area contributed by atoms with Gasteiger partial charge in [-0.15, -0.1) is 0 Å². The number of hydrogen-bond donors (Lipinski definition) is 1. The smallest absolute Gasteiger partial charge is 0.293 e. The van der Waals surface area contributed by atoms with Gasteiger partial charge in [-0.05, 0) is 18.6 Å². The Bertz CT molecular complexity index is 350. The van der Waals surface area contributed by atoms with Crippen molar-refractivity contribution in [1.29, 1.82) is 0 Å². The van der Waals surface area contributed by atoms with E-state index in [4.69, 9.17) is 0 Å². The summed E-state index contributed by atoms with van der Waals surface area (Å²) in [5.74, 6) is 0. The molecule has 0 saturated carbocycles. The van der Waals surface area contributed by atoms with Crippen LogP contribution < -0.4 is 5.43 Å². The zero-order valence-corrected chi connectivity index (χ0v) is 8.44. The van der Waals surface area contributed by atoms with E-state index < -0.39 is 4.92 Å². The largest absolute Gasteiger partial charge is 0.313 e. The molecule has 0 atom stereocenters. The van der Waals surface area contributed by atoms with E-state index in [1.807, 2.05) is 6.92 Å². The monoisotopic (exact) mass is 195 g/mol. The molecule has 5 heteroatoms. The van der Waals surface area contributed by atoms with Crippen LogP contribution in [0.3, 0.4) is 0 Å². The number of anilines is 1. The highest BCUT2D eigenvalue weighted by Crippen LogP contribution is 2.24. The van der Waals surface area contributed by atoms with E-state index in [-0.39, 0.29) is 5.69 Å². The molecule has 0 bridgehead atoms. The van der Waals surface area contributed by atoms with Crippen molar-refractivity contribution < 1.29 is 4.92 Å². The summed E-state index contributed by atoms with van der Waals surface area (Å²) in [7, 11) is 3.57. The van der Waals surface area contributed by atoms with Crippen LogP contribution in [-0.2, 0) is 0 Å². The lowest BCUT2D eigenvalue weighted by Crippen LogP contribution is -2.20. The van der Waals surface area contributed by atoms with E-state index in [1.54, 1.807) is 31.2 Å². The van der Waals surface area contributed by atoms with Crippen molar-refractivity contribution in [2.45, 2.75) is 6.92 Å². The molecule has 0 spiro atoms. The summed E-state index contributed by atoms with van der Waals surface area (Å²) >= 11 is 0. The summed E-state index contributed by atoms with van der Waals surface area (Å²) in [5.41, 5.74) is 4.47. The van der Waals surface area contributed by atoms with Gasteiger partial charge in [-0.1, -0.05) is 6.07 Å². The van der Waals surface area contributed by atoms with Gasteiger partial charge in [0.1, 0.15) is 5.69 Å². The molecule has 0 radical (unpaired) electrons. The molecule has 0 aliphatic rings. The number of nitrogens with zero attached hydrogens (tertiary/aromatic N) is 2. The summed E-state index contributed by atoms with van der Waals surface area (Å²) in [5, 5.41) is 12.3. The molecule has 0 fully saturated rings. The molecule has 1 aromatic carbocycles. The lowest BCUT2D eigenvalue weighted by atomic mass is 10.2. The van der Waals surface area contributed by atoms with Crippen molar-refractivity contribution in [3.05, 3.63) is 33.9 Å². The first kappa shape index (κ1) is 10.5. The molecule has 0 heterocycles. The van der Waals surface area contributed by atoms with Crippen LogP contribution in [0.15, 0.2) is 18.2 Å². The van der Waals surface area contributed by atoms with Crippen molar-refractivity contribution >= 4 is 11.4 Å². The van der Waals surface area contributed by atoms with Crippen LogP contribution in [0.5, 0.6) is 0 Å². The van der Waals surface area contributed by atoms with Crippen LogP contribution in [0.2, 0.25) is 0 Å². The van der Waals surface area contributed by atoms with Crippen LogP contribution in [0.4, 0.5) is 11.4 Å². The third kappa shape index (κ3) is 2.43. The molecule has 1 aromatic rings. The standard InChI is InChI=1S/C9H13N3O2/c1-7-4-5-9(12(13)14)8(6-7)10-11(2)3/h4-6,10H,1-3H3. The predicted molar refractivity (Wildman–Crippen MR) is 55.1 cm³/mol. The molecule has 0 aromatic heterocycles. The lowest BCUT2D eigenvalue weighted by molar-refractivity contribution is -0.384. The molecule has 0 saturated heterocycles. The van der Waals surface area contributed by atoms with Gasteiger partial charge in [-0.2, -0.15) is 0 Å². The SMILES string of the molecule is Cc1ccc([N+](=O)[O-])c(NN(C)C)c1. The van der Waals surface area contributed by atoms with E-state index in [0.29, 0.717) is 5.69 Å². The number of aryl methyl sites for hydroxylation is 1. The topological polar surface area (TPSA) is 58.4 Å². The van der Waals surface area contributed by atoms with Gasteiger partial charge in [0.25, 0.3) is 5.69 Å². The number of benzene rings is 1. The highest BCUT2D eigenvalue weighted by Gasteiger charge is 2.13. The van der Waals surface area contributed by atoms with Crippen molar-refractivity contribution in [2.24, 2.45) is 0 Å². The number of nitro benzene ring substituents is 1. The molecular weight excluding hydrogens is 182 g/mol. The summed E-state index contributed by atoms with van der Waals surface area (Å²) in [6.45, 7) is 1.89. The number of hydrazine groups is 1. The number of nitrogens with one attached hydrogen (secondary N) is 1. The molecule has 0 amide bonds. The van der Waals surface area contributed by atoms with E-state index in [0.717, 1.165) is 5.56 Å². The van der Waals surface area contributed by atoms with Crippen LogP contribution in [0.25, 0.3) is 0 Å². The van der Waals surface area contributed by atoms with Gasteiger partial charge in [0.2, 0.25) is 0 Å². The normalized spacial score (nSPS) is 10.3. The van der Waals surface area contributed by atoms with Gasteiger partial charge < -0.3 is 5.43 Å². The fourth-order valence-corrected chi connectivity index (χ4v) is 1.14. The van der Waals surface area contributed by atoms with Gasteiger partial charge in [0.05, 0.1) is 4.92 Å². The fraction of sp³-hybridized carbons (Fsp3) is 0.333. The number of rotatable bonds is 3. The Kier molecular flexibility index (Phi) is 3.03. The van der Waals surface area contributed by atoms with Crippen molar-refractivity contribution in [3.63, 3.8) is 0 Å². The average molecular weight is 195 g/mol. The molecular formula is C9H13N3O2. The molecule has 0 unspecified atom stereocenters. The Hall–Kier alpha value is -1.62. The van der Waals surface area contributed by atoms with Gasteiger partial charge in [-0.3, -0.25) is 10.1 Å². The van der Waals surface area contributed by atoms with Crippen LogP contribution in [0, 0.1) is 17.0 Å². The minimum atomic E-state index is -0.398. The second-order valence-electron chi connectivity index (χ2n) is 3.28. The first-order valence-corrected chi connectivity index (χ1v) is 4.19. The Balaban J connectivity index is 3.09. The van der Waals surface area contributed by atoms with Crippen LogP contribution in [0.1, 0.15) is 5.56 Å². The van der Waals surface area contributed by atoms with E-state index >= 15 is 0 Å². The maximum atomic E-state index is 10.7. The van der Waals surface area contributed by atoms with Crippen molar-refractivity contribution in [2.75, 3.05) is 19.5 Å². The maximum Gasteiger partial charge on any atom is 0.293 e. The Morgan fingerprint density at radius 1 is 1.43 bits per heavy atom. The third-order valence-electron chi connectivity index (χ3n) is 1.69. The summed E-state index contributed by atoms with van der Waals surface area (Å²) in [6.07, 6.45) is 0. The number of hydrogen-bond acceptors (Lipinski definition) is 4. The minimum absolute atomic E-state index is 0.0873. The average Bonchev–Trinajstić information content (AvgIpc) is 2.01. The molecule has 1 rings (SSSR count). The highest BCUT2D eigenvalue weighted by atomic mass is 16.6. The summed E-state index contributed by atoms with van der Waals surface area (Å²) in [6, 6.07) is 4.97. The van der Waals surface area contributed by atoms with E-state index in [2.05, 4.69) is 5.43 Å². The minimum Gasteiger partial charge on any atom is -0.313 e. The maximum absolute atomic E-state index is 10.7. The molecule has 14 heavy (non-hydrogen) atoms. The van der Waals surface area contributed by atoms with Gasteiger partial charge >= 0.3 is 0 Å². The van der Waals surface area contributed by atoms with Gasteiger partial charge in [0.15, 0.2) is 0 Å². The quantitative estimate of drug-likeness (QED) is 0.590. The molecule has 5 nitrogen and oxygen atoms in total.